The number of hydrogen-bond acceptors (Lipinski definition) is 8. The highest BCUT2D eigenvalue weighted by atomic mass is 16.5. The normalized spacial score (nSPS) is 21.3. The number of benzene rings is 2. The van der Waals surface area contributed by atoms with Gasteiger partial charge in [-0.1, -0.05) is 36.4 Å². The van der Waals surface area contributed by atoms with E-state index >= 15 is 0 Å². The van der Waals surface area contributed by atoms with Crippen LogP contribution in [-0.2, 0) is 0 Å². The molecule has 5 heterocycles. The molecule has 3 aliphatic rings. The SMILES string of the molecule is CN1CCCC1.COc1nc(N2CC3CCC(C2)N3)c2cnc(-c3cccc4cccc(C)c34)nc2n1. The van der Waals surface area contributed by atoms with Gasteiger partial charge < -0.3 is 19.9 Å². The quantitative estimate of drug-likeness (QED) is 0.451. The molecule has 0 radical (unpaired) electrons. The predicted molar refractivity (Wildman–Crippen MR) is 148 cm³/mol. The van der Waals surface area contributed by atoms with Gasteiger partial charge in [0.1, 0.15) is 5.82 Å². The van der Waals surface area contributed by atoms with Crippen LogP contribution in [0.3, 0.4) is 0 Å². The van der Waals surface area contributed by atoms with Gasteiger partial charge in [0, 0.05) is 36.9 Å². The van der Waals surface area contributed by atoms with Crippen molar-refractivity contribution in [2.45, 2.75) is 44.7 Å². The first-order valence-corrected chi connectivity index (χ1v) is 13.4. The minimum atomic E-state index is 0.340. The highest BCUT2D eigenvalue weighted by Gasteiger charge is 2.33. The molecular weight excluding hydrogens is 462 g/mol. The van der Waals surface area contributed by atoms with E-state index in [-0.39, 0.29) is 0 Å². The lowest BCUT2D eigenvalue weighted by molar-refractivity contribution is 0.380. The van der Waals surface area contributed by atoms with Crippen molar-refractivity contribution in [2.75, 3.05) is 45.2 Å². The molecule has 1 N–H and O–H groups in total. The van der Waals surface area contributed by atoms with E-state index in [1.165, 1.54) is 55.1 Å². The highest BCUT2D eigenvalue weighted by Crippen LogP contribution is 2.33. The summed E-state index contributed by atoms with van der Waals surface area (Å²) >= 11 is 0. The first-order valence-electron chi connectivity index (χ1n) is 13.4. The Morgan fingerprint density at radius 2 is 1.68 bits per heavy atom. The summed E-state index contributed by atoms with van der Waals surface area (Å²) in [6, 6.07) is 13.9. The Labute approximate surface area is 218 Å². The standard InChI is InChI=1S/C24H24N6O.C5H11N/c1-14-5-3-6-15-7-4-8-18(20(14)15)21-25-11-19-22(27-21)28-24(31-2)29-23(19)30-12-16-9-10-17(13-30)26-16;1-6-4-2-3-5-6/h3-8,11,16-17,26H,9-10,12-13H2,1-2H3;2-5H2,1H3. The van der Waals surface area contributed by atoms with Gasteiger partial charge in [0.05, 0.1) is 12.5 Å². The maximum absolute atomic E-state index is 5.43. The van der Waals surface area contributed by atoms with Crippen LogP contribution in [0.1, 0.15) is 31.2 Å². The molecule has 0 aliphatic carbocycles. The fourth-order valence-corrected chi connectivity index (χ4v) is 5.90. The molecule has 4 aromatic rings. The molecule has 7 rings (SSSR count). The first kappa shape index (κ1) is 24.0. The second-order valence-electron chi connectivity index (χ2n) is 10.5. The monoisotopic (exact) mass is 497 g/mol. The molecule has 8 nitrogen and oxygen atoms in total. The number of hydrogen-bond donors (Lipinski definition) is 1. The summed E-state index contributed by atoms with van der Waals surface area (Å²) in [5.74, 6) is 1.53. The Hall–Kier alpha value is -3.36. The number of likely N-dealkylation sites (tertiary alicyclic amines) is 1. The number of nitrogens with zero attached hydrogens (tertiary/aromatic N) is 6. The van der Waals surface area contributed by atoms with Crippen LogP contribution >= 0.6 is 0 Å². The molecule has 2 atom stereocenters. The summed E-state index contributed by atoms with van der Waals surface area (Å²) in [4.78, 5) is 23.6. The zero-order valence-corrected chi connectivity index (χ0v) is 21.9. The molecule has 3 aliphatic heterocycles. The Balaban J connectivity index is 0.000000372. The van der Waals surface area contributed by atoms with Crippen molar-refractivity contribution < 1.29 is 4.74 Å². The van der Waals surface area contributed by atoms with Crippen molar-refractivity contribution in [1.29, 1.82) is 0 Å². The van der Waals surface area contributed by atoms with Crippen molar-refractivity contribution in [3.63, 3.8) is 0 Å². The van der Waals surface area contributed by atoms with Crippen molar-refractivity contribution in [3.05, 3.63) is 48.2 Å². The minimum absolute atomic E-state index is 0.340. The fraction of sp³-hybridized carbons (Fsp3) is 0.448. The molecule has 37 heavy (non-hydrogen) atoms. The third-order valence-corrected chi connectivity index (χ3v) is 7.79. The molecule has 0 saturated carbocycles. The van der Waals surface area contributed by atoms with Gasteiger partial charge in [-0.25, -0.2) is 9.97 Å². The van der Waals surface area contributed by atoms with Crippen LogP contribution < -0.4 is 15.0 Å². The second kappa shape index (κ2) is 10.2. The molecule has 2 aromatic carbocycles. The van der Waals surface area contributed by atoms with E-state index < -0.39 is 0 Å². The number of piperazine rings is 1. The Kier molecular flexibility index (Phi) is 6.61. The lowest BCUT2D eigenvalue weighted by Gasteiger charge is -2.34. The van der Waals surface area contributed by atoms with Crippen LogP contribution in [0, 0.1) is 6.92 Å². The molecule has 0 amide bonds. The average Bonchev–Trinajstić information content (AvgIpc) is 3.54. The molecule has 2 bridgehead atoms. The Morgan fingerprint density at radius 1 is 0.946 bits per heavy atom. The van der Waals surface area contributed by atoms with E-state index in [1.54, 1.807) is 7.11 Å². The summed E-state index contributed by atoms with van der Waals surface area (Å²) in [6.45, 7) is 6.61. The summed E-state index contributed by atoms with van der Waals surface area (Å²) in [6.07, 6.45) is 7.12. The number of anilines is 1. The molecule has 3 fully saturated rings. The van der Waals surface area contributed by atoms with Crippen LogP contribution in [0.4, 0.5) is 5.82 Å². The van der Waals surface area contributed by atoms with Crippen LogP contribution in [-0.4, -0.2) is 77.3 Å². The van der Waals surface area contributed by atoms with Crippen LogP contribution in [0.2, 0.25) is 0 Å². The molecular formula is C29H35N7O. The van der Waals surface area contributed by atoms with Gasteiger partial charge in [-0.15, -0.1) is 0 Å². The number of aromatic nitrogens is 4. The minimum Gasteiger partial charge on any atom is -0.467 e. The number of nitrogens with one attached hydrogen (secondary N) is 1. The highest BCUT2D eigenvalue weighted by molar-refractivity contribution is 5.98. The van der Waals surface area contributed by atoms with Crippen molar-refractivity contribution >= 4 is 27.6 Å². The second-order valence-corrected chi connectivity index (χ2v) is 10.5. The van der Waals surface area contributed by atoms with Crippen molar-refractivity contribution in [1.82, 2.24) is 30.2 Å². The van der Waals surface area contributed by atoms with Crippen LogP contribution in [0.5, 0.6) is 6.01 Å². The van der Waals surface area contributed by atoms with Gasteiger partial charge in [-0.3, -0.25) is 0 Å². The molecule has 2 unspecified atom stereocenters. The third kappa shape index (κ3) is 4.83. The van der Waals surface area contributed by atoms with E-state index in [0.717, 1.165) is 29.9 Å². The van der Waals surface area contributed by atoms with Gasteiger partial charge in [-0.2, -0.15) is 9.97 Å². The fourth-order valence-electron chi connectivity index (χ4n) is 5.90. The summed E-state index contributed by atoms with van der Waals surface area (Å²) in [7, 11) is 3.77. The topological polar surface area (TPSA) is 79.3 Å². The van der Waals surface area contributed by atoms with E-state index in [9.17, 15) is 0 Å². The number of ether oxygens (including phenoxy) is 1. The summed E-state index contributed by atoms with van der Waals surface area (Å²) in [5.41, 5.74) is 2.83. The molecule has 8 heteroatoms. The van der Waals surface area contributed by atoms with E-state index in [2.05, 4.69) is 64.4 Å². The Morgan fingerprint density at radius 3 is 2.35 bits per heavy atom. The largest absolute Gasteiger partial charge is 0.467 e. The van der Waals surface area contributed by atoms with Gasteiger partial charge in [0.15, 0.2) is 11.5 Å². The summed E-state index contributed by atoms with van der Waals surface area (Å²) < 4.78 is 5.43. The smallest absolute Gasteiger partial charge is 0.320 e. The predicted octanol–water partition coefficient (Wildman–Crippen LogP) is 4.21. The van der Waals surface area contributed by atoms with E-state index in [4.69, 9.17) is 19.7 Å². The zero-order chi connectivity index (χ0) is 25.4. The van der Waals surface area contributed by atoms with Crippen LogP contribution in [0.25, 0.3) is 33.2 Å². The van der Waals surface area contributed by atoms with Crippen molar-refractivity contribution in [2.24, 2.45) is 0 Å². The number of methoxy groups -OCH3 is 1. The Bertz CT molecular complexity index is 1400. The molecule has 3 saturated heterocycles. The number of aryl methyl sites for hydroxylation is 1. The van der Waals surface area contributed by atoms with E-state index in [0.29, 0.717) is 29.6 Å². The first-order chi connectivity index (χ1) is 18.1. The van der Waals surface area contributed by atoms with Gasteiger partial charge in [-0.05, 0) is 69.1 Å². The number of fused-ring (bicyclic) bond motifs is 4. The maximum Gasteiger partial charge on any atom is 0.320 e. The van der Waals surface area contributed by atoms with Crippen LogP contribution in [0.15, 0.2) is 42.6 Å². The van der Waals surface area contributed by atoms with Gasteiger partial charge in [0.2, 0.25) is 0 Å². The lowest BCUT2D eigenvalue weighted by Crippen LogP contribution is -2.51. The van der Waals surface area contributed by atoms with Crippen molar-refractivity contribution in [3.8, 4) is 17.4 Å². The molecule has 0 spiro atoms. The van der Waals surface area contributed by atoms with Gasteiger partial charge in [0.25, 0.3) is 0 Å². The molecule has 2 aromatic heterocycles. The average molecular weight is 498 g/mol. The zero-order valence-electron chi connectivity index (χ0n) is 21.9. The molecule has 192 valence electrons. The lowest BCUT2D eigenvalue weighted by atomic mass is 9.99. The third-order valence-electron chi connectivity index (χ3n) is 7.79. The maximum atomic E-state index is 5.43. The number of rotatable bonds is 3. The summed E-state index contributed by atoms with van der Waals surface area (Å²) in [5, 5.41) is 6.89. The van der Waals surface area contributed by atoms with E-state index in [1.807, 2.05) is 12.3 Å². The van der Waals surface area contributed by atoms with Gasteiger partial charge >= 0.3 is 6.01 Å².